The van der Waals surface area contributed by atoms with Gasteiger partial charge in [0, 0.05) is 0 Å². The van der Waals surface area contributed by atoms with Crippen molar-refractivity contribution >= 4 is 0 Å². The number of aromatic nitrogens is 2. The van der Waals surface area contributed by atoms with Gasteiger partial charge in [-0.25, -0.2) is 4.57 Å². The Balaban J connectivity index is 2.75. The van der Waals surface area contributed by atoms with E-state index in [9.17, 15) is 13.2 Å². The molecule has 2 nitrogen and oxygen atoms in total. The van der Waals surface area contributed by atoms with Crippen molar-refractivity contribution in [2.24, 2.45) is 5.92 Å². The van der Waals surface area contributed by atoms with E-state index in [2.05, 4.69) is 0 Å². The Morgan fingerprint density at radius 3 is 2.38 bits per heavy atom. The van der Waals surface area contributed by atoms with E-state index in [1.54, 1.807) is 0 Å². The van der Waals surface area contributed by atoms with E-state index in [0.29, 0.717) is 12.5 Å². The number of alkyl halides is 3. The molecule has 0 atom stereocenters. The van der Waals surface area contributed by atoms with E-state index in [0.717, 1.165) is 12.5 Å². The molecule has 1 aromatic rings. The molecule has 0 saturated carbocycles. The highest BCUT2D eigenvalue weighted by atomic mass is 19.4. The predicted molar refractivity (Wildman–Crippen MR) is 40.8 cm³/mol. The zero-order valence-corrected chi connectivity index (χ0v) is 7.54. The lowest BCUT2D eigenvalue weighted by molar-refractivity contribution is -0.702. The van der Waals surface area contributed by atoms with E-state index in [1.807, 2.05) is 13.8 Å². The van der Waals surface area contributed by atoms with Crippen molar-refractivity contribution in [2.75, 3.05) is 0 Å². The van der Waals surface area contributed by atoms with Crippen LogP contribution in [0.3, 0.4) is 0 Å². The Bertz CT molecular complexity index is 275. The summed E-state index contributed by atoms with van der Waals surface area (Å²) in [4.78, 5) is 0. The molecule has 5 heteroatoms. The first-order valence-electron chi connectivity index (χ1n) is 4.04. The lowest BCUT2D eigenvalue weighted by Crippen LogP contribution is -2.34. The quantitative estimate of drug-likeness (QED) is 0.634. The van der Waals surface area contributed by atoms with E-state index in [-0.39, 0.29) is 4.57 Å². The fourth-order valence-electron chi connectivity index (χ4n) is 1.07. The van der Waals surface area contributed by atoms with Crippen LogP contribution in [0.5, 0.6) is 0 Å². The van der Waals surface area contributed by atoms with Crippen LogP contribution in [0.4, 0.5) is 13.2 Å². The van der Waals surface area contributed by atoms with Crippen LogP contribution in [0.25, 0.3) is 0 Å². The van der Waals surface area contributed by atoms with Gasteiger partial charge < -0.3 is 0 Å². The molecule has 0 aliphatic rings. The molecule has 1 rings (SSSR count). The second-order valence-electron chi connectivity index (χ2n) is 3.38. The van der Waals surface area contributed by atoms with Gasteiger partial charge in [0.2, 0.25) is 0 Å². The zero-order valence-electron chi connectivity index (χ0n) is 7.54. The summed E-state index contributed by atoms with van der Waals surface area (Å²) in [5.74, 6) is 0.342. The summed E-state index contributed by atoms with van der Waals surface area (Å²) < 4.78 is 38.0. The Hall–Kier alpha value is -1.00. The SMILES string of the molecule is CC(C)C[n+]1ccn(C(F)(F)F)c1. The number of rotatable bonds is 2. The lowest BCUT2D eigenvalue weighted by Gasteiger charge is -2.00. The smallest absolute Gasteiger partial charge is 0.236 e. The van der Waals surface area contributed by atoms with E-state index in [4.69, 9.17) is 0 Å². The Kier molecular flexibility index (Phi) is 2.63. The van der Waals surface area contributed by atoms with Crippen LogP contribution in [0, 0.1) is 5.92 Å². The average molecular weight is 193 g/mol. The summed E-state index contributed by atoms with van der Waals surface area (Å²) in [7, 11) is 0. The Labute approximate surface area is 74.6 Å². The molecule has 0 aromatic carbocycles. The van der Waals surface area contributed by atoms with Crippen LogP contribution in [-0.4, -0.2) is 4.57 Å². The van der Waals surface area contributed by atoms with Gasteiger partial charge in [0.15, 0.2) is 0 Å². The van der Waals surface area contributed by atoms with Crippen molar-refractivity contribution in [1.82, 2.24) is 4.57 Å². The minimum atomic E-state index is -4.30. The van der Waals surface area contributed by atoms with Crippen LogP contribution >= 0.6 is 0 Å². The number of hydrogen-bond donors (Lipinski definition) is 0. The van der Waals surface area contributed by atoms with Crippen LogP contribution in [0.15, 0.2) is 18.7 Å². The molecule has 0 saturated heterocycles. The van der Waals surface area contributed by atoms with Crippen molar-refractivity contribution in [3.05, 3.63) is 18.7 Å². The first-order chi connectivity index (χ1) is 5.89. The lowest BCUT2D eigenvalue weighted by atomic mass is 10.2. The minimum absolute atomic E-state index is 0.245. The van der Waals surface area contributed by atoms with Crippen molar-refractivity contribution in [2.45, 2.75) is 26.7 Å². The highest BCUT2D eigenvalue weighted by molar-refractivity contribution is 4.68. The number of hydrogen-bond acceptors (Lipinski definition) is 0. The van der Waals surface area contributed by atoms with E-state index in [1.165, 1.54) is 10.8 Å². The fraction of sp³-hybridized carbons (Fsp3) is 0.625. The third-order valence-corrected chi connectivity index (χ3v) is 1.56. The maximum atomic E-state index is 12.1. The standard InChI is InChI=1S/C8H12F3N2/c1-7(2)5-12-3-4-13(6-12)8(9,10)11/h3-4,6-7H,5H2,1-2H3/q+1. The molecule has 0 unspecified atom stereocenters. The van der Waals surface area contributed by atoms with Gasteiger partial charge in [-0.2, -0.15) is 0 Å². The van der Waals surface area contributed by atoms with Crippen molar-refractivity contribution < 1.29 is 17.7 Å². The molecular weight excluding hydrogens is 181 g/mol. The molecule has 0 amide bonds. The molecular formula is C8H12F3N2+. The second-order valence-corrected chi connectivity index (χ2v) is 3.38. The monoisotopic (exact) mass is 193 g/mol. The molecule has 0 aliphatic carbocycles. The van der Waals surface area contributed by atoms with Crippen molar-refractivity contribution in [3.63, 3.8) is 0 Å². The third kappa shape index (κ3) is 2.75. The molecule has 0 bridgehead atoms. The summed E-state index contributed by atoms with van der Waals surface area (Å²) in [6, 6.07) is 0. The van der Waals surface area contributed by atoms with Crippen LogP contribution < -0.4 is 4.57 Å². The average Bonchev–Trinajstić information content (AvgIpc) is 2.32. The minimum Gasteiger partial charge on any atom is -0.236 e. The summed E-state index contributed by atoms with van der Waals surface area (Å²) >= 11 is 0. The van der Waals surface area contributed by atoms with Gasteiger partial charge in [0.25, 0.3) is 6.33 Å². The predicted octanol–water partition coefficient (Wildman–Crippen LogP) is 1.91. The van der Waals surface area contributed by atoms with Crippen LogP contribution in [0.1, 0.15) is 13.8 Å². The summed E-state index contributed by atoms with van der Waals surface area (Å²) in [5, 5.41) is 0. The second kappa shape index (κ2) is 3.40. The molecule has 0 aliphatic heterocycles. The molecule has 0 N–H and O–H groups in total. The summed E-state index contributed by atoms with van der Waals surface area (Å²) in [6.07, 6.45) is -0.807. The highest BCUT2D eigenvalue weighted by Crippen LogP contribution is 2.20. The molecule has 0 radical (unpaired) electrons. The Morgan fingerprint density at radius 2 is 2.00 bits per heavy atom. The van der Waals surface area contributed by atoms with Gasteiger partial charge in [0.1, 0.15) is 12.4 Å². The molecule has 1 heterocycles. The maximum Gasteiger partial charge on any atom is 0.567 e. The number of nitrogens with zero attached hydrogens (tertiary/aromatic N) is 2. The van der Waals surface area contributed by atoms with Gasteiger partial charge in [-0.15, -0.1) is 17.7 Å². The molecule has 74 valence electrons. The Morgan fingerprint density at radius 1 is 1.38 bits per heavy atom. The topological polar surface area (TPSA) is 8.81 Å². The van der Waals surface area contributed by atoms with Gasteiger partial charge in [-0.1, -0.05) is 13.8 Å². The van der Waals surface area contributed by atoms with E-state index < -0.39 is 6.30 Å². The third-order valence-electron chi connectivity index (χ3n) is 1.56. The highest BCUT2D eigenvalue weighted by Gasteiger charge is 2.37. The zero-order chi connectivity index (χ0) is 10.1. The molecule has 0 spiro atoms. The van der Waals surface area contributed by atoms with E-state index >= 15 is 0 Å². The van der Waals surface area contributed by atoms with Crippen LogP contribution in [0.2, 0.25) is 0 Å². The van der Waals surface area contributed by atoms with Gasteiger partial charge in [-0.05, 0) is 5.92 Å². The normalized spacial score (nSPS) is 12.5. The van der Waals surface area contributed by atoms with Gasteiger partial charge in [0.05, 0.1) is 6.54 Å². The van der Waals surface area contributed by atoms with Crippen molar-refractivity contribution in [1.29, 1.82) is 0 Å². The first kappa shape index (κ1) is 10.1. The maximum absolute atomic E-state index is 12.1. The summed E-state index contributed by atoms with van der Waals surface area (Å²) in [5.41, 5.74) is 0. The van der Waals surface area contributed by atoms with Gasteiger partial charge >= 0.3 is 6.30 Å². The van der Waals surface area contributed by atoms with Gasteiger partial charge in [-0.3, -0.25) is 0 Å². The molecule has 13 heavy (non-hydrogen) atoms. The van der Waals surface area contributed by atoms with Crippen molar-refractivity contribution in [3.8, 4) is 0 Å². The first-order valence-corrected chi connectivity index (χ1v) is 4.04. The number of halogens is 3. The summed E-state index contributed by atoms with van der Waals surface area (Å²) in [6.45, 7) is 4.51. The molecule has 0 fully saturated rings. The number of imidazole rings is 1. The molecule has 1 aromatic heterocycles. The van der Waals surface area contributed by atoms with Crippen LogP contribution in [-0.2, 0) is 12.8 Å². The fourth-order valence-corrected chi connectivity index (χ4v) is 1.07. The largest absolute Gasteiger partial charge is 0.567 e.